The molecule has 1 aliphatic carbocycles. The highest BCUT2D eigenvalue weighted by molar-refractivity contribution is 6.30. The summed E-state index contributed by atoms with van der Waals surface area (Å²) in [6.07, 6.45) is 3.22. The lowest BCUT2D eigenvalue weighted by Gasteiger charge is -2.28. The van der Waals surface area contributed by atoms with Crippen molar-refractivity contribution in [3.05, 3.63) is 47.0 Å². The molecule has 1 atom stereocenters. The predicted molar refractivity (Wildman–Crippen MR) is 78.8 cm³/mol. The fourth-order valence-corrected chi connectivity index (χ4v) is 2.58. The van der Waals surface area contributed by atoms with Crippen molar-refractivity contribution in [3.63, 3.8) is 0 Å². The highest BCUT2D eigenvalue weighted by Gasteiger charge is 2.46. The molecule has 0 aromatic heterocycles. The van der Waals surface area contributed by atoms with Crippen LogP contribution in [0.5, 0.6) is 0 Å². The van der Waals surface area contributed by atoms with Gasteiger partial charge in [0.2, 0.25) is 0 Å². The third kappa shape index (κ3) is 2.96. The monoisotopic (exact) mass is 263 g/mol. The topological polar surface area (TPSA) is 26.0 Å². The molecule has 98 valence electrons. The summed E-state index contributed by atoms with van der Waals surface area (Å²) in [5, 5.41) is 0.784. The molecular weight excluding hydrogens is 242 g/mol. The first-order chi connectivity index (χ1) is 8.42. The summed E-state index contributed by atoms with van der Waals surface area (Å²) >= 11 is 5.92. The van der Waals surface area contributed by atoms with Gasteiger partial charge in [-0.15, -0.1) is 0 Å². The Morgan fingerprint density at radius 1 is 1.33 bits per heavy atom. The van der Waals surface area contributed by atoms with E-state index in [9.17, 15) is 0 Å². The molecule has 2 rings (SSSR count). The summed E-state index contributed by atoms with van der Waals surface area (Å²) in [7, 11) is 0. The normalized spacial score (nSPS) is 18.7. The van der Waals surface area contributed by atoms with Gasteiger partial charge in [0, 0.05) is 16.5 Å². The minimum absolute atomic E-state index is 0.0129. The Labute approximate surface area is 115 Å². The molecule has 0 radical (unpaired) electrons. The van der Waals surface area contributed by atoms with Crippen LogP contribution in [0.4, 0.5) is 0 Å². The number of benzene rings is 1. The standard InChI is InChI=1S/C16H22ClN/c1-11(2)12(3)15(16(18)8-9-16)10-13-4-6-14(17)7-5-13/h4-7,11,15H,3,8-10,18H2,1-2H3. The largest absolute Gasteiger partial charge is 0.325 e. The quantitative estimate of drug-likeness (QED) is 0.792. The molecule has 0 heterocycles. The van der Waals surface area contributed by atoms with Gasteiger partial charge in [-0.2, -0.15) is 0 Å². The maximum absolute atomic E-state index is 6.42. The maximum Gasteiger partial charge on any atom is 0.0406 e. The molecule has 0 saturated heterocycles. The molecule has 1 aromatic carbocycles. The summed E-state index contributed by atoms with van der Waals surface area (Å²) in [6.45, 7) is 8.66. The second kappa shape index (κ2) is 5.07. The highest BCUT2D eigenvalue weighted by atomic mass is 35.5. The van der Waals surface area contributed by atoms with Gasteiger partial charge in [0.05, 0.1) is 0 Å². The van der Waals surface area contributed by atoms with E-state index >= 15 is 0 Å². The molecule has 18 heavy (non-hydrogen) atoms. The van der Waals surface area contributed by atoms with Crippen molar-refractivity contribution in [2.75, 3.05) is 0 Å². The molecule has 0 aliphatic heterocycles. The van der Waals surface area contributed by atoms with Gasteiger partial charge in [0.1, 0.15) is 0 Å². The number of hydrogen-bond acceptors (Lipinski definition) is 1. The fourth-order valence-electron chi connectivity index (χ4n) is 2.45. The lowest BCUT2D eigenvalue weighted by atomic mass is 9.80. The minimum Gasteiger partial charge on any atom is -0.325 e. The van der Waals surface area contributed by atoms with E-state index in [0.717, 1.165) is 24.3 Å². The number of rotatable bonds is 5. The average Bonchev–Trinajstić information content (AvgIpc) is 3.06. The second-order valence-electron chi connectivity index (χ2n) is 5.85. The predicted octanol–water partition coefficient (Wildman–Crippen LogP) is 4.20. The van der Waals surface area contributed by atoms with Crippen molar-refractivity contribution in [3.8, 4) is 0 Å². The van der Waals surface area contributed by atoms with Gasteiger partial charge in [-0.25, -0.2) is 0 Å². The molecule has 1 aliphatic rings. The molecular formula is C16H22ClN. The molecule has 0 spiro atoms. The van der Waals surface area contributed by atoms with E-state index in [-0.39, 0.29) is 5.54 Å². The van der Waals surface area contributed by atoms with E-state index in [4.69, 9.17) is 17.3 Å². The lowest BCUT2D eigenvalue weighted by Crippen LogP contribution is -2.36. The van der Waals surface area contributed by atoms with Crippen molar-refractivity contribution >= 4 is 11.6 Å². The van der Waals surface area contributed by atoms with Crippen LogP contribution in [-0.4, -0.2) is 5.54 Å². The molecule has 1 fully saturated rings. The minimum atomic E-state index is -0.0129. The molecule has 2 N–H and O–H groups in total. The van der Waals surface area contributed by atoms with Gasteiger partial charge in [-0.1, -0.05) is 49.7 Å². The van der Waals surface area contributed by atoms with Gasteiger partial charge >= 0.3 is 0 Å². The molecule has 1 unspecified atom stereocenters. The molecule has 0 bridgehead atoms. The zero-order valence-electron chi connectivity index (χ0n) is 11.2. The van der Waals surface area contributed by atoms with Crippen molar-refractivity contribution in [2.24, 2.45) is 17.6 Å². The van der Waals surface area contributed by atoms with Crippen LogP contribution in [0.15, 0.2) is 36.4 Å². The van der Waals surface area contributed by atoms with Crippen molar-refractivity contribution in [2.45, 2.75) is 38.6 Å². The van der Waals surface area contributed by atoms with Crippen LogP contribution in [-0.2, 0) is 6.42 Å². The summed E-state index contributed by atoms with van der Waals surface area (Å²) in [5.41, 5.74) is 8.98. The summed E-state index contributed by atoms with van der Waals surface area (Å²) in [5.74, 6) is 0.877. The van der Waals surface area contributed by atoms with Crippen LogP contribution in [0.1, 0.15) is 32.3 Å². The summed E-state index contributed by atoms with van der Waals surface area (Å²) < 4.78 is 0. The Hall–Kier alpha value is -0.790. The first kappa shape index (κ1) is 13.6. The van der Waals surface area contributed by atoms with Crippen LogP contribution in [0.2, 0.25) is 5.02 Å². The zero-order valence-corrected chi connectivity index (χ0v) is 12.0. The molecule has 0 amide bonds. The Bertz CT molecular complexity index is 429. The first-order valence-electron chi connectivity index (χ1n) is 6.64. The van der Waals surface area contributed by atoms with Gasteiger partial charge in [0.15, 0.2) is 0 Å². The molecule has 1 nitrogen and oxygen atoms in total. The fraction of sp³-hybridized carbons (Fsp3) is 0.500. The van der Waals surface area contributed by atoms with E-state index in [1.165, 1.54) is 11.1 Å². The zero-order chi connectivity index (χ0) is 13.3. The number of hydrogen-bond donors (Lipinski definition) is 1. The highest BCUT2D eigenvalue weighted by Crippen LogP contribution is 2.45. The Morgan fingerprint density at radius 3 is 2.33 bits per heavy atom. The summed E-state index contributed by atoms with van der Waals surface area (Å²) in [4.78, 5) is 0. The van der Waals surface area contributed by atoms with E-state index in [2.05, 4.69) is 32.6 Å². The van der Waals surface area contributed by atoms with Crippen LogP contribution in [0, 0.1) is 11.8 Å². The van der Waals surface area contributed by atoms with Crippen molar-refractivity contribution in [1.29, 1.82) is 0 Å². The third-order valence-electron chi connectivity index (χ3n) is 4.06. The average molecular weight is 264 g/mol. The van der Waals surface area contributed by atoms with Crippen LogP contribution in [0.25, 0.3) is 0 Å². The smallest absolute Gasteiger partial charge is 0.0406 e. The van der Waals surface area contributed by atoms with E-state index in [0.29, 0.717) is 11.8 Å². The van der Waals surface area contributed by atoms with Gasteiger partial charge in [-0.3, -0.25) is 0 Å². The Morgan fingerprint density at radius 2 is 1.89 bits per heavy atom. The SMILES string of the molecule is C=C(C(C)C)C(Cc1ccc(Cl)cc1)C1(N)CC1. The van der Waals surface area contributed by atoms with Crippen LogP contribution in [0.3, 0.4) is 0 Å². The van der Waals surface area contributed by atoms with E-state index in [1.54, 1.807) is 0 Å². The summed E-state index contributed by atoms with van der Waals surface area (Å²) in [6, 6.07) is 8.08. The van der Waals surface area contributed by atoms with Gasteiger partial charge in [-0.05, 0) is 42.9 Å². The van der Waals surface area contributed by atoms with Crippen molar-refractivity contribution < 1.29 is 0 Å². The Balaban J connectivity index is 2.15. The third-order valence-corrected chi connectivity index (χ3v) is 4.32. The van der Waals surface area contributed by atoms with E-state index < -0.39 is 0 Å². The molecule has 1 aromatic rings. The molecule has 1 saturated carbocycles. The van der Waals surface area contributed by atoms with Crippen molar-refractivity contribution in [1.82, 2.24) is 0 Å². The van der Waals surface area contributed by atoms with Crippen LogP contribution < -0.4 is 5.73 Å². The number of nitrogens with two attached hydrogens (primary N) is 1. The lowest BCUT2D eigenvalue weighted by molar-refractivity contribution is 0.428. The first-order valence-corrected chi connectivity index (χ1v) is 7.02. The van der Waals surface area contributed by atoms with Gasteiger partial charge in [0.25, 0.3) is 0 Å². The Kier molecular flexibility index (Phi) is 3.84. The van der Waals surface area contributed by atoms with Gasteiger partial charge < -0.3 is 5.73 Å². The number of halogens is 1. The van der Waals surface area contributed by atoms with Crippen LogP contribution >= 0.6 is 11.6 Å². The second-order valence-corrected chi connectivity index (χ2v) is 6.28. The molecule has 2 heteroatoms. The maximum atomic E-state index is 6.42. The van der Waals surface area contributed by atoms with E-state index in [1.807, 2.05) is 12.1 Å².